The van der Waals surface area contributed by atoms with Crippen LogP contribution in [-0.2, 0) is 15.8 Å². The highest BCUT2D eigenvalue weighted by Crippen LogP contribution is 2.35. The first-order valence-electron chi connectivity index (χ1n) is 5.36. The number of pyridine rings is 1. The van der Waals surface area contributed by atoms with Crippen LogP contribution in [0.1, 0.15) is 12.5 Å². The fraction of sp³-hybridized carbons (Fsp3) is 0.364. The number of alkyl halides is 3. The van der Waals surface area contributed by atoms with E-state index in [2.05, 4.69) is 10.3 Å². The third-order valence-corrected chi connectivity index (χ3v) is 3.24. The zero-order valence-electron chi connectivity index (χ0n) is 10.3. The molecular weight excluding hydrogens is 297 g/mol. The normalized spacial score (nSPS) is 12.8. The largest absolute Gasteiger partial charge is 0.480 e. The molecule has 0 radical (unpaired) electrons. The Morgan fingerprint density at radius 2 is 2.15 bits per heavy atom. The average molecular weight is 308 g/mol. The van der Waals surface area contributed by atoms with Crippen LogP contribution < -0.4 is 5.32 Å². The number of carboxylic acids is 1. The summed E-state index contributed by atoms with van der Waals surface area (Å²) in [6, 6.07) is 0.736. The molecule has 0 fully saturated rings. The molecule has 0 aliphatic rings. The van der Waals surface area contributed by atoms with Gasteiger partial charge < -0.3 is 10.4 Å². The number of halogens is 3. The van der Waals surface area contributed by atoms with E-state index in [0.29, 0.717) is 11.8 Å². The Morgan fingerprint density at radius 3 is 2.65 bits per heavy atom. The number of aromatic nitrogens is 1. The smallest absolute Gasteiger partial charge is 0.419 e. The van der Waals surface area contributed by atoms with Crippen molar-refractivity contribution in [2.75, 3.05) is 5.75 Å². The van der Waals surface area contributed by atoms with E-state index in [1.807, 2.05) is 0 Å². The zero-order chi connectivity index (χ0) is 15.3. The van der Waals surface area contributed by atoms with Gasteiger partial charge in [0.15, 0.2) is 0 Å². The molecule has 0 aliphatic carbocycles. The molecule has 5 nitrogen and oxygen atoms in total. The van der Waals surface area contributed by atoms with Crippen molar-refractivity contribution in [3.8, 4) is 0 Å². The average Bonchev–Trinajstić information content (AvgIpc) is 2.33. The van der Waals surface area contributed by atoms with E-state index in [1.54, 1.807) is 0 Å². The molecule has 0 saturated carbocycles. The molecule has 1 aromatic heterocycles. The van der Waals surface area contributed by atoms with E-state index in [4.69, 9.17) is 5.11 Å². The molecule has 1 atom stereocenters. The van der Waals surface area contributed by atoms with E-state index >= 15 is 0 Å². The van der Waals surface area contributed by atoms with Gasteiger partial charge in [-0.1, -0.05) is 0 Å². The number of aliphatic carboxylic acids is 1. The van der Waals surface area contributed by atoms with Crippen LogP contribution in [0, 0.1) is 0 Å². The standard InChI is InChI=1S/C11H11F3N2O3S/c1-6(17)16-8(10(18)19)5-20-9-7(11(12,13)14)3-2-4-15-9/h2-4,8H,5H2,1H3,(H,16,17)(H,18,19). The molecule has 0 aliphatic heterocycles. The van der Waals surface area contributed by atoms with Crippen LogP contribution in [0.3, 0.4) is 0 Å². The summed E-state index contributed by atoms with van der Waals surface area (Å²) in [7, 11) is 0. The fourth-order valence-corrected chi connectivity index (χ4v) is 2.33. The molecule has 2 N–H and O–H groups in total. The van der Waals surface area contributed by atoms with Gasteiger partial charge in [0.1, 0.15) is 11.1 Å². The van der Waals surface area contributed by atoms with E-state index in [0.717, 1.165) is 19.1 Å². The topological polar surface area (TPSA) is 79.3 Å². The summed E-state index contributed by atoms with van der Waals surface area (Å²) in [6.45, 7) is 1.13. The minimum absolute atomic E-state index is 0.255. The van der Waals surface area contributed by atoms with Crippen molar-refractivity contribution in [1.29, 1.82) is 0 Å². The Hall–Kier alpha value is -1.77. The van der Waals surface area contributed by atoms with E-state index in [1.165, 1.54) is 6.20 Å². The number of hydrogen-bond acceptors (Lipinski definition) is 4. The van der Waals surface area contributed by atoms with Crippen LogP contribution in [0.2, 0.25) is 0 Å². The summed E-state index contributed by atoms with van der Waals surface area (Å²) in [5.74, 6) is -2.15. The van der Waals surface area contributed by atoms with Gasteiger partial charge in [0, 0.05) is 18.9 Å². The van der Waals surface area contributed by atoms with Crippen molar-refractivity contribution in [3.63, 3.8) is 0 Å². The minimum Gasteiger partial charge on any atom is -0.480 e. The van der Waals surface area contributed by atoms with Crippen molar-refractivity contribution in [2.45, 2.75) is 24.2 Å². The summed E-state index contributed by atoms with van der Waals surface area (Å²) in [5, 5.41) is 10.7. The first kappa shape index (κ1) is 16.3. The van der Waals surface area contributed by atoms with Gasteiger partial charge >= 0.3 is 12.1 Å². The number of carboxylic acid groups (broad SMARTS) is 1. The Kier molecular flexibility index (Phi) is 5.37. The van der Waals surface area contributed by atoms with Crippen LogP contribution in [0.4, 0.5) is 13.2 Å². The summed E-state index contributed by atoms with van der Waals surface area (Å²) in [6.07, 6.45) is -3.38. The van der Waals surface area contributed by atoms with Crippen molar-refractivity contribution in [2.24, 2.45) is 0 Å². The van der Waals surface area contributed by atoms with Crippen LogP contribution in [-0.4, -0.2) is 33.8 Å². The zero-order valence-corrected chi connectivity index (χ0v) is 11.1. The molecule has 0 aromatic carbocycles. The second-order valence-electron chi connectivity index (χ2n) is 3.76. The van der Waals surface area contributed by atoms with Crippen molar-refractivity contribution in [3.05, 3.63) is 23.9 Å². The fourth-order valence-electron chi connectivity index (χ4n) is 1.30. The molecule has 9 heteroatoms. The van der Waals surface area contributed by atoms with Crippen LogP contribution in [0.25, 0.3) is 0 Å². The Bertz CT molecular complexity index is 508. The highest BCUT2D eigenvalue weighted by Gasteiger charge is 2.34. The number of nitrogens with one attached hydrogen (secondary N) is 1. The summed E-state index contributed by atoms with van der Waals surface area (Å²) in [5.41, 5.74) is -0.933. The number of hydrogen-bond donors (Lipinski definition) is 2. The molecular formula is C11H11F3N2O3S. The molecule has 20 heavy (non-hydrogen) atoms. The molecule has 1 heterocycles. The van der Waals surface area contributed by atoms with Gasteiger partial charge in [0.05, 0.1) is 5.56 Å². The lowest BCUT2D eigenvalue weighted by atomic mass is 10.3. The number of nitrogens with zero attached hydrogens (tertiary/aromatic N) is 1. The van der Waals surface area contributed by atoms with Gasteiger partial charge in [-0.15, -0.1) is 11.8 Å². The van der Waals surface area contributed by atoms with Gasteiger partial charge in [-0.3, -0.25) is 4.79 Å². The third kappa shape index (κ3) is 4.72. The summed E-state index contributed by atoms with van der Waals surface area (Å²) >= 11 is 0.626. The SMILES string of the molecule is CC(=O)NC(CSc1ncccc1C(F)(F)F)C(=O)O. The molecule has 1 unspecified atom stereocenters. The van der Waals surface area contributed by atoms with E-state index in [-0.39, 0.29) is 10.8 Å². The van der Waals surface area contributed by atoms with Crippen LogP contribution in [0.15, 0.2) is 23.4 Å². The number of amides is 1. The summed E-state index contributed by atoms with van der Waals surface area (Å²) in [4.78, 5) is 25.3. The van der Waals surface area contributed by atoms with Gasteiger partial charge in [-0.05, 0) is 12.1 Å². The maximum absolute atomic E-state index is 12.7. The number of carbonyl (C=O) groups excluding carboxylic acids is 1. The predicted molar refractivity (Wildman–Crippen MR) is 65.2 cm³/mol. The Labute approximate surface area is 116 Å². The molecule has 0 saturated heterocycles. The maximum Gasteiger partial charge on any atom is 0.419 e. The van der Waals surface area contributed by atoms with Crippen molar-refractivity contribution >= 4 is 23.6 Å². The Morgan fingerprint density at radius 1 is 1.50 bits per heavy atom. The highest BCUT2D eigenvalue weighted by atomic mass is 32.2. The first-order valence-corrected chi connectivity index (χ1v) is 6.35. The lowest BCUT2D eigenvalue weighted by Crippen LogP contribution is -2.41. The third-order valence-electron chi connectivity index (χ3n) is 2.14. The molecule has 1 amide bonds. The Balaban J connectivity index is 2.83. The van der Waals surface area contributed by atoms with Crippen molar-refractivity contribution in [1.82, 2.24) is 10.3 Å². The van der Waals surface area contributed by atoms with E-state index < -0.39 is 29.7 Å². The molecule has 1 rings (SSSR count). The van der Waals surface area contributed by atoms with Crippen LogP contribution >= 0.6 is 11.8 Å². The molecule has 110 valence electrons. The molecule has 0 spiro atoms. The van der Waals surface area contributed by atoms with E-state index in [9.17, 15) is 22.8 Å². The minimum atomic E-state index is -4.57. The van der Waals surface area contributed by atoms with Gasteiger partial charge in [-0.25, -0.2) is 9.78 Å². The van der Waals surface area contributed by atoms with Gasteiger partial charge in [0.25, 0.3) is 0 Å². The number of thioether (sulfide) groups is 1. The maximum atomic E-state index is 12.7. The molecule has 0 bridgehead atoms. The number of rotatable bonds is 5. The van der Waals surface area contributed by atoms with Gasteiger partial charge in [-0.2, -0.15) is 13.2 Å². The second kappa shape index (κ2) is 6.60. The monoisotopic (exact) mass is 308 g/mol. The highest BCUT2D eigenvalue weighted by molar-refractivity contribution is 7.99. The lowest BCUT2D eigenvalue weighted by molar-refractivity contribution is -0.140. The second-order valence-corrected chi connectivity index (χ2v) is 4.76. The van der Waals surface area contributed by atoms with Crippen molar-refractivity contribution < 1.29 is 27.9 Å². The predicted octanol–water partition coefficient (Wildman–Crippen LogP) is 1.78. The van der Waals surface area contributed by atoms with Crippen LogP contribution in [0.5, 0.6) is 0 Å². The quantitative estimate of drug-likeness (QED) is 0.811. The van der Waals surface area contributed by atoms with Gasteiger partial charge in [0.2, 0.25) is 5.91 Å². The molecule has 1 aromatic rings. The first-order chi connectivity index (χ1) is 9.21. The number of carbonyl (C=O) groups is 2. The summed E-state index contributed by atoms with van der Waals surface area (Å²) < 4.78 is 38.1. The lowest BCUT2D eigenvalue weighted by Gasteiger charge is -2.14.